The van der Waals surface area contributed by atoms with Gasteiger partial charge in [-0.2, -0.15) is 0 Å². The van der Waals surface area contributed by atoms with Crippen LogP contribution in [0.2, 0.25) is 0 Å². The standard InChI is InChI=1S/C18H25N5O2/c1-11(2)8-14(10-19)22-16(24)9-15-12(3)21-17(23-18(15)25)13-4-6-20-7-5-13/h4-7,11,14H,8-10,19H2,1-3H3,(H,22,24)(H,21,23,25). The SMILES string of the molecule is Cc1nc(-c2ccncc2)[nH]c(=O)c1CC(=O)NC(CN)CC(C)C. The first-order chi connectivity index (χ1) is 11.9. The number of hydrogen-bond donors (Lipinski definition) is 3. The van der Waals surface area contributed by atoms with Gasteiger partial charge in [0.1, 0.15) is 5.82 Å². The summed E-state index contributed by atoms with van der Waals surface area (Å²) in [6.07, 6.45) is 4.05. The van der Waals surface area contributed by atoms with E-state index in [4.69, 9.17) is 5.73 Å². The van der Waals surface area contributed by atoms with Crippen LogP contribution in [0.25, 0.3) is 11.4 Å². The van der Waals surface area contributed by atoms with E-state index in [-0.39, 0.29) is 23.9 Å². The number of pyridine rings is 1. The van der Waals surface area contributed by atoms with Gasteiger partial charge in [-0.15, -0.1) is 0 Å². The molecule has 0 saturated heterocycles. The summed E-state index contributed by atoms with van der Waals surface area (Å²) >= 11 is 0. The molecule has 7 nitrogen and oxygen atoms in total. The predicted octanol–water partition coefficient (Wildman–Crippen LogP) is 1.17. The van der Waals surface area contributed by atoms with Gasteiger partial charge in [0.25, 0.3) is 5.56 Å². The Morgan fingerprint density at radius 2 is 2.00 bits per heavy atom. The van der Waals surface area contributed by atoms with Crippen LogP contribution in [0, 0.1) is 12.8 Å². The Kier molecular flexibility index (Phi) is 6.41. The van der Waals surface area contributed by atoms with Crippen LogP contribution >= 0.6 is 0 Å². The first kappa shape index (κ1) is 18.8. The fourth-order valence-electron chi connectivity index (χ4n) is 2.69. The molecule has 134 valence electrons. The number of rotatable bonds is 7. The van der Waals surface area contributed by atoms with Gasteiger partial charge in [-0.1, -0.05) is 13.8 Å². The third-order valence-corrected chi connectivity index (χ3v) is 3.92. The fourth-order valence-corrected chi connectivity index (χ4v) is 2.69. The van der Waals surface area contributed by atoms with Gasteiger partial charge in [0, 0.05) is 41.8 Å². The average molecular weight is 343 g/mol. The van der Waals surface area contributed by atoms with Crippen molar-refractivity contribution in [1.29, 1.82) is 0 Å². The van der Waals surface area contributed by atoms with Crippen molar-refractivity contribution >= 4 is 5.91 Å². The minimum atomic E-state index is -0.303. The van der Waals surface area contributed by atoms with Crippen LogP contribution in [-0.2, 0) is 11.2 Å². The molecule has 0 radical (unpaired) electrons. The van der Waals surface area contributed by atoms with E-state index in [0.29, 0.717) is 29.5 Å². The molecule has 2 aromatic heterocycles. The van der Waals surface area contributed by atoms with Crippen molar-refractivity contribution in [3.8, 4) is 11.4 Å². The molecule has 1 atom stereocenters. The van der Waals surface area contributed by atoms with Crippen LogP contribution in [0.1, 0.15) is 31.5 Å². The number of aryl methyl sites for hydroxylation is 1. The topological polar surface area (TPSA) is 114 Å². The molecule has 2 rings (SSSR count). The van der Waals surface area contributed by atoms with E-state index >= 15 is 0 Å². The smallest absolute Gasteiger partial charge is 0.255 e. The molecule has 0 saturated carbocycles. The molecule has 4 N–H and O–H groups in total. The molecule has 0 aliphatic heterocycles. The van der Waals surface area contributed by atoms with Gasteiger partial charge in [-0.3, -0.25) is 14.6 Å². The van der Waals surface area contributed by atoms with E-state index in [9.17, 15) is 9.59 Å². The summed E-state index contributed by atoms with van der Waals surface area (Å²) in [5.74, 6) is 0.678. The molecule has 1 amide bonds. The summed E-state index contributed by atoms with van der Waals surface area (Å²) in [5.41, 5.74) is 7.08. The van der Waals surface area contributed by atoms with Gasteiger partial charge >= 0.3 is 0 Å². The molecule has 2 heterocycles. The third kappa shape index (κ3) is 5.22. The third-order valence-electron chi connectivity index (χ3n) is 3.92. The molecule has 2 aromatic rings. The van der Waals surface area contributed by atoms with Crippen LogP contribution in [0.15, 0.2) is 29.3 Å². The molecule has 0 aliphatic carbocycles. The zero-order chi connectivity index (χ0) is 18.4. The molecule has 0 fully saturated rings. The van der Waals surface area contributed by atoms with Crippen molar-refractivity contribution in [3.63, 3.8) is 0 Å². The molecular formula is C18H25N5O2. The van der Waals surface area contributed by atoms with Gasteiger partial charge in [0.15, 0.2) is 0 Å². The number of aromatic nitrogens is 3. The largest absolute Gasteiger partial charge is 0.352 e. The number of nitrogens with zero attached hydrogens (tertiary/aromatic N) is 2. The van der Waals surface area contributed by atoms with Gasteiger partial charge < -0.3 is 16.0 Å². The van der Waals surface area contributed by atoms with Crippen LogP contribution in [0.3, 0.4) is 0 Å². The number of carbonyl (C=O) groups excluding carboxylic acids is 1. The van der Waals surface area contributed by atoms with Crippen molar-refractivity contribution < 1.29 is 4.79 Å². The number of nitrogens with one attached hydrogen (secondary N) is 2. The Hall–Kier alpha value is -2.54. The Balaban J connectivity index is 2.15. The Morgan fingerprint density at radius 3 is 2.56 bits per heavy atom. The maximum atomic E-state index is 12.4. The Labute approximate surface area is 147 Å². The summed E-state index contributed by atoms with van der Waals surface area (Å²) in [6.45, 7) is 6.26. The van der Waals surface area contributed by atoms with E-state index in [1.54, 1.807) is 31.5 Å². The monoisotopic (exact) mass is 343 g/mol. The second-order valence-electron chi connectivity index (χ2n) is 6.52. The number of carbonyl (C=O) groups is 1. The lowest BCUT2D eigenvalue weighted by Crippen LogP contribution is -2.42. The molecule has 7 heteroatoms. The highest BCUT2D eigenvalue weighted by molar-refractivity contribution is 5.79. The normalized spacial score (nSPS) is 12.2. The summed E-state index contributed by atoms with van der Waals surface area (Å²) in [4.78, 5) is 35.8. The number of H-pyrrole nitrogens is 1. The van der Waals surface area contributed by atoms with Gasteiger partial charge in [-0.05, 0) is 31.4 Å². The number of aromatic amines is 1. The van der Waals surface area contributed by atoms with Gasteiger partial charge in [-0.25, -0.2) is 4.98 Å². The maximum absolute atomic E-state index is 12.4. The molecule has 0 aromatic carbocycles. The fraction of sp³-hybridized carbons (Fsp3) is 0.444. The highest BCUT2D eigenvalue weighted by Crippen LogP contribution is 2.13. The van der Waals surface area contributed by atoms with E-state index in [1.165, 1.54) is 0 Å². The van der Waals surface area contributed by atoms with Crippen molar-refractivity contribution in [2.24, 2.45) is 11.7 Å². The summed E-state index contributed by atoms with van der Waals surface area (Å²) in [6, 6.07) is 3.44. The quantitative estimate of drug-likeness (QED) is 0.698. The van der Waals surface area contributed by atoms with E-state index < -0.39 is 0 Å². The van der Waals surface area contributed by atoms with Crippen LogP contribution in [0.4, 0.5) is 0 Å². The van der Waals surface area contributed by atoms with Gasteiger partial charge in [0.2, 0.25) is 5.91 Å². The number of nitrogens with two attached hydrogens (primary N) is 1. The zero-order valence-corrected chi connectivity index (χ0v) is 14.9. The van der Waals surface area contributed by atoms with E-state index in [1.807, 2.05) is 0 Å². The van der Waals surface area contributed by atoms with E-state index in [2.05, 4.69) is 34.1 Å². The first-order valence-electron chi connectivity index (χ1n) is 8.40. The summed E-state index contributed by atoms with van der Waals surface area (Å²) < 4.78 is 0. The predicted molar refractivity (Wildman–Crippen MR) is 97.0 cm³/mol. The summed E-state index contributed by atoms with van der Waals surface area (Å²) in [7, 11) is 0. The minimum absolute atomic E-state index is 0.0145. The zero-order valence-electron chi connectivity index (χ0n) is 14.9. The molecule has 1 unspecified atom stereocenters. The number of amides is 1. The highest BCUT2D eigenvalue weighted by atomic mass is 16.2. The Bertz CT molecular complexity index is 771. The van der Waals surface area contributed by atoms with Gasteiger partial charge in [0.05, 0.1) is 6.42 Å². The van der Waals surface area contributed by atoms with Crippen molar-refractivity contribution in [2.75, 3.05) is 6.54 Å². The minimum Gasteiger partial charge on any atom is -0.352 e. The Morgan fingerprint density at radius 1 is 1.32 bits per heavy atom. The second kappa shape index (κ2) is 8.53. The lowest BCUT2D eigenvalue weighted by molar-refractivity contribution is -0.121. The lowest BCUT2D eigenvalue weighted by atomic mass is 10.0. The van der Waals surface area contributed by atoms with Crippen LogP contribution in [0.5, 0.6) is 0 Å². The molecule has 25 heavy (non-hydrogen) atoms. The number of hydrogen-bond acceptors (Lipinski definition) is 5. The molecule has 0 spiro atoms. The second-order valence-corrected chi connectivity index (χ2v) is 6.52. The van der Waals surface area contributed by atoms with Crippen LogP contribution in [-0.4, -0.2) is 33.4 Å². The van der Waals surface area contributed by atoms with Crippen molar-refractivity contribution in [2.45, 2.75) is 39.7 Å². The average Bonchev–Trinajstić information content (AvgIpc) is 2.57. The van der Waals surface area contributed by atoms with E-state index in [0.717, 1.165) is 12.0 Å². The van der Waals surface area contributed by atoms with Crippen LogP contribution < -0.4 is 16.6 Å². The molecule has 0 aliphatic rings. The van der Waals surface area contributed by atoms with Crippen molar-refractivity contribution in [1.82, 2.24) is 20.3 Å². The molecular weight excluding hydrogens is 318 g/mol. The highest BCUT2D eigenvalue weighted by Gasteiger charge is 2.16. The maximum Gasteiger partial charge on any atom is 0.255 e. The first-order valence-corrected chi connectivity index (χ1v) is 8.40. The summed E-state index contributed by atoms with van der Waals surface area (Å²) in [5, 5.41) is 2.89. The lowest BCUT2D eigenvalue weighted by Gasteiger charge is -2.19. The van der Waals surface area contributed by atoms with Crippen molar-refractivity contribution in [3.05, 3.63) is 46.1 Å². The molecule has 0 bridgehead atoms.